The van der Waals surface area contributed by atoms with Gasteiger partial charge in [-0.25, -0.2) is 0 Å². The van der Waals surface area contributed by atoms with Gasteiger partial charge in [0.15, 0.2) is 0 Å². The Hall–Kier alpha value is -0.250. The summed E-state index contributed by atoms with van der Waals surface area (Å²) in [5.74, 6) is 1.72. The molecule has 1 aliphatic carbocycles. The highest BCUT2D eigenvalue weighted by molar-refractivity contribution is 9.10. The minimum Gasteiger partial charge on any atom is -0.497 e. The lowest BCUT2D eigenvalue weighted by molar-refractivity contribution is 0.413. The number of nitrogens with two attached hydrogens (primary N) is 1. The van der Waals surface area contributed by atoms with Crippen LogP contribution in [0.25, 0.3) is 0 Å². The predicted octanol–water partition coefficient (Wildman–Crippen LogP) is 3.68. The van der Waals surface area contributed by atoms with E-state index in [1.165, 1.54) is 12.8 Å². The summed E-state index contributed by atoms with van der Waals surface area (Å²) >= 11 is 3.54. The zero-order valence-electron chi connectivity index (χ0n) is 9.28. The van der Waals surface area contributed by atoms with Crippen LogP contribution in [-0.4, -0.2) is 7.11 Å². The van der Waals surface area contributed by atoms with Crippen molar-refractivity contribution in [3.8, 4) is 5.75 Å². The number of methoxy groups -OCH3 is 1. The highest BCUT2D eigenvalue weighted by atomic mass is 79.9. The van der Waals surface area contributed by atoms with Gasteiger partial charge in [0.05, 0.1) is 7.11 Å². The molecule has 16 heavy (non-hydrogen) atoms. The van der Waals surface area contributed by atoms with E-state index >= 15 is 0 Å². The van der Waals surface area contributed by atoms with Crippen LogP contribution in [-0.2, 0) is 0 Å². The van der Waals surface area contributed by atoms with Gasteiger partial charge in [-0.2, -0.15) is 0 Å². The molecular formula is C12H17BrClNO. The minimum atomic E-state index is 0. The first-order chi connectivity index (χ1) is 7.20. The third-order valence-electron chi connectivity index (χ3n) is 2.89. The molecule has 2 N–H and O–H groups in total. The molecule has 2 rings (SSSR count). The molecule has 1 aromatic carbocycles. The van der Waals surface area contributed by atoms with Crippen molar-refractivity contribution in [2.24, 2.45) is 11.7 Å². The first kappa shape index (κ1) is 13.8. The molecule has 0 spiro atoms. The summed E-state index contributed by atoms with van der Waals surface area (Å²) in [6.07, 6.45) is 3.77. The Morgan fingerprint density at radius 3 is 2.75 bits per heavy atom. The summed E-state index contributed by atoms with van der Waals surface area (Å²) in [5.41, 5.74) is 7.33. The fourth-order valence-electron chi connectivity index (χ4n) is 1.77. The van der Waals surface area contributed by atoms with Gasteiger partial charge in [-0.15, -0.1) is 12.4 Å². The van der Waals surface area contributed by atoms with Crippen molar-refractivity contribution in [3.05, 3.63) is 28.2 Å². The molecule has 0 amide bonds. The molecule has 0 bridgehead atoms. The molecule has 2 nitrogen and oxygen atoms in total. The Bertz CT molecular complexity index is 355. The van der Waals surface area contributed by atoms with Gasteiger partial charge in [0.25, 0.3) is 0 Å². The lowest BCUT2D eigenvalue weighted by Gasteiger charge is -2.14. The summed E-state index contributed by atoms with van der Waals surface area (Å²) in [6.45, 7) is 0. The Morgan fingerprint density at radius 2 is 2.19 bits per heavy atom. The fraction of sp³-hybridized carbons (Fsp3) is 0.500. The maximum atomic E-state index is 6.17. The van der Waals surface area contributed by atoms with E-state index in [1.807, 2.05) is 18.2 Å². The van der Waals surface area contributed by atoms with Crippen LogP contribution in [0.2, 0.25) is 0 Å². The minimum absolute atomic E-state index is 0. The van der Waals surface area contributed by atoms with E-state index in [1.54, 1.807) is 7.11 Å². The van der Waals surface area contributed by atoms with Crippen LogP contribution < -0.4 is 10.5 Å². The van der Waals surface area contributed by atoms with Crippen LogP contribution >= 0.6 is 28.3 Å². The number of ether oxygens (including phenoxy) is 1. The van der Waals surface area contributed by atoms with Crippen molar-refractivity contribution >= 4 is 28.3 Å². The van der Waals surface area contributed by atoms with E-state index in [9.17, 15) is 0 Å². The molecule has 1 atom stereocenters. The molecule has 90 valence electrons. The predicted molar refractivity (Wildman–Crippen MR) is 72.2 cm³/mol. The standard InChI is InChI=1S/C12H16BrNO.ClH/c1-15-9-4-5-11(13)10(7-9)12(14)6-8-2-3-8;/h4-5,7-8,12H,2-3,6,14H2,1H3;1H/t12-;/m0./s1. The van der Waals surface area contributed by atoms with Gasteiger partial charge in [0.2, 0.25) is 0 Å². The quantitative estimate of drug-likeness (QED) is 0.921. The summed E-state index contributed by atoms with van der Waals surface area (Å²) in [7, 11) is 1.68. The molecule has 0 unspecified atom stereocenters. The largest absolute Gasteiger partial charge is 0.497 e. The second kappa shape index (κ2) is 5.89. The molecular weight excluding hydrogens is 289 g/mol. The third-order valence-corrected chi connectivity index (χ3v) is 3.61. The monoisotopic (exact) mass is 305 g/mol. The Kier molecular flexibility index (Phi) is 5.09. The summed E-state index contributed by atoms with van der Waals surface area (Å²) in [5, 5.41) is 0. The van der Waals surface area contributed by atoms with Crippen molar-refractivity contribution in [3.63, 3.8) is 0 Å². The Labute approximate surface area is 111 Å². The van der Waals surface area contributed by atoms with Crippen LogP contribution in [0, 0.1) is 5.92 Å². The average molecular weight is 307 g/mol. The molecule has 0 aromatic heterocycles. The van der Waals surface area contributed by atoms with Crippen molar-refractivity contribution in [2.75, 3.05) is 7.11 Å². The normalized spacial score (nSPS) is 16.4. The van der Waals surface area contributed by atoms with Crippen LogP contribution in [0.15, 0.2) is 22.7 Å². The SMILES string of the molecule is COc1ccc(Br)c([C@@H](N)CC2CC2)c1.Cl. The van der Waals surface area contributed by atoms with E-state index in [4.69, 9.17) is 10.5 Å². The fourth-order valence-corrected chi connectivity index (χ4v) is 2.31. The second-order valence-electron chi connectivity index (χ2n) is 4.17. The van der Waals surface area contributed by atoms with Gasteiger partial charge in [-0.1, -0.05) is 28.8 Å². The third kappa shape index (κ3) is 3.37. The average Bonchev–Trinajstić information content (AvgIpc) is 3.02. The van der Waals surface area contributed by atoms with Crippen molar-refractivity contribution in [1.29, 1.82) is 0 Å². The molecule has 4 heteroatoms. The molecule has 0 heterocycles. The van der Waals surface area contributed by atoms with Crippen molar-refractivity contribution in [2.45, 2.75) is 25.3 Å². The Balaban J connectivity index is 0.00000128. The molecule has 1 fully saturated rings. The molecule has 1 aromatic rings. The number of benzene rings is 1. The van der Waals surface area contributed by atoms with E-state index in [0.717, 1.165) is 28.1 Å². The Morgan fingerprint density at radius 1 is 1.50 bits per heavy atom. The number of halogens is 2. The lowest BCUT2D eigenvalue weighted by atomic mass is 10.0. The topological polar surface area (TPSA) is 35.2 Å². The van der Waals surface area contributed by atoms with Crippen molar-refractivity contribution in [1.82, 2.24) is 0 Å². The lowest BCUT2D eigenvalue weighted by Crippen LogP contribution is -2.11. The van der Waals surface area contributed by atoms with E-state index in [-0.39, 0.29) is 18.4 Å². The van der Waals surface area contributed by atoms with Crippen LogP contribution in [0.1, 0.15) is 30.9 Å². The summed E-state index contributed by atoms with van der Waals surface area (Å²) in [6, 6.07) is 6.09. The highest BCUT2D eigenvalue weighted by Gasteiger charge is 2.25. The van der Waals surface area contributed by atoms with Crippen LogP contribution in [0.5, 0.6) is 5.75 Å². The van der Waals surface area contributed by atoms with Gasteiger partial charge in [-0.05, 0) is 36.1 Å². The van der Waals surface area contributed by atoms with Gasteiger partial charge in [0.1, 0.15) is 5.75 Å². The number of hydrogen-bond donors (Lipinski definition) is 1. The maximum absolute atomic E-state index is 6.17. The molecule has 0 saturated heterocycles. The van der Waals surface area contributed by atoms with Gasteiger partial charge < -0.3 is 10.5 Å². The van der Waals surface area contributed by atoms with E-state index < -0.39 is 0 Å². The first-order valence-corrected chi connectivity index (χ1v) is 6.09. The second-order valence-corrected chi connectivity index (χ2v) is 5.03. The zero-order chi connectivity index (χ0) is 10.8. The summed E-state index contributed by atoms with van der Waals surface area (Å²) < 4.78 is 6.28. The molecule has 0 aliphatic heterocycles. The van der Waals surface area contributed by atoms with Crippen LogP contribution in [0.4, 0.5) is 0 Å². The van der Waals surface area contributed by atoms with Crippen molar-refractivity contribution < 1.29 is 4.74 Å². The highest BCUT2D eigenvalue weighted by Crippen LogP contribution is 2.38. The zero-order valence-corrected chi connectivity index (χ0v) is 11.7. The maximum Gasteiger partial charge on any atom is 0.119 e. The molecule has 1 saturated carbocycles. The van der Waals surface area contributed by atoms with Gasteiger partial charge >= 0.3 is 0 Å². The van der Waals surface area contributed by atoms with Crippen LogP contribution in [0.3, 0.4) is 0 Å². The molecule has 1 aliphatic rings. The molecule has 0 radical (unpaired) electrons. The summed E-state index contributed by atoms with van der Waals surface area (Å²) in [4.78, 5) is 0. The number of hydrogen-bond acceptors (Lipinski definition) is 2. The first-order valence-electron chi connectivity index (χ1n) is 5.29. The number of rotatable bonds is 4. The smallest absolute Gasteiger partial charge is 0.119 e. The van der Waals surface area contributed by atoms with E-state index in [2.05, 4.69) is 15.9 Å². The van der Waals surface area contributed by atoms with Gasteiger partial charge in [0, 0.05) is 10.5 Å². The van der Waals surface area contributed by atoms with Gasteiger partial charge in [-0.3, -0.25) is 0 Å². The van der Waals surface area contributed by atoms with E-state index in [0.29, 0.717) is 0 Å².